The molecular weight excluding hydrogens is 256 g/mol. The highest BCUT2D eigenvalue weighted by atomic mass is 32.1. The Balaban J connectivity index is 1.95. The average Bonchev–Trinajstić information content (AvgIpc) is 2.84. The first-order chi connectivity index (χ1) is 9.14. The van der Waals surface area contributed by atoms with Gasteiger partial charge in [0.1, 0.15) is 10.6 Å². The van der Waals surface area contributed by atoms with Crippen LogP contribution in [-0.2, 0) is 16.8 Å². The second-order valence-electron chi connectivity index (χ2n) is 6.23. The number of nitrogens with zero attached hydrogens (tertiary/aromatic N) is 1. The summed E-state index contributed by atoms with van der Waals surface area (Å²) >= 11 is 1.85. The third-order valence-electron chi connectivity index (χ3n) is 4.73. The Labute approximate surface area is 119 Å². The molecule has 3 nitrogen and oxygen atoms in total. The molecule has 0 radical (unpaired) electrons. The minimum Gasteiger partial charge on any atom is -0.371 e. The van der Waals surface area contributed by atoms with E-state index in [4.69, 9.17) is 15.5 Å². The number of methoxy groups -OCH3 is 1. The number of aryl methyl sites for hydroxylation is 1. The highest BCUT2D eigenvalue weighted by Crippen LogP contribution is 2.46. The van der Waals surface area contributed by atoms with Crippen LogP contribution in [0, 0.1) is 5.92 Å². The maximum Gasteiger partial charge on any atom is 0.125 e. The number of fused-ring (bicyclic) bond motifs is 1. The highest BCUT2D eigenvalue weighted by Gasteiger charge is 2.40. The minimum atomic E-state index is -0.139. The van der Waals surface area contributed by atoms with Crippen LogP contribution in [0.1, 0.15) is 67.1 Å². The van der Waals surface area contributed by atoms with Gasteiger partial charge in [-0.15, -0.1) is 11.3 Å². The molecule has 19 heavy (non-hydrogen) atoms. The van der Waals surface area contributed by atoms with Crippen molar-refractivity contribution in [3.8, 4) is 0 Å². The molecule has 4 heteroatoms. The molecule has 0 saturated heterocycles. The van der Waals surface area contributed by atoms with Crippen molar-refractivity contribution in [2.75, 3.05) is 7.11 Å². The lowest BCUT2D eigenvalue weighted by Crippen LogP contribution is -2.34. The molecular formula is C15H24N2OS. The molecule has 1 heterocycles. The van der Waals surface area contributed by atoms with Crippen molar-refractivity contribution >= 4 is 11.3 Å². The van der Waals surface area contributed by atoms with Crippen LogP contribution in [0.25, 0.3) is 0 Å². The zero-order chi connectivity index (χ0) is 13.5. The van der Waals surface area contributed by atoms with Crippen LogP contribution in [0.4, 0.5) is 0 Å². The third-order valence-corrected chi connectivity index (χ3v) is 6.05. The summed E-state index contributed by atoms with van der Waals surface area (Å²) in [5, 5.41) is 1.18. The summed E-state index contributed by atoms with van der Waals surface area (Å²) in [7, 11) is 1.85. The van der Waals surface area contributed by atoms with Gasteiger partial charge >= 0.3 is 0 Å². The molecule has 1 aromatic heterocycles. The molecule has 2 aliphatic rings. The monoisotopic (exact) mass is 280 g/mol. The van der Waals surface area contributed by atoms with Gasteiger partial charge in [0.2, 0.25) is 0 Å². The molecule has 106 valence electrons. The van der Waals surface area contributed by atoms with E-state index < -0.39 is 0 Å². The number of ether oxygens (including phenoxy) is 1. The molecule has 3 unspecified atom stereocenters. The fraction of sp³-hybridized carbons (Fsp3) is 0.800. The molecule has 3 rings (SSSR count). The van der Waals surface area contributed by atoms with E-state index in [2.05, 4.69) is 6.92 Å². The molecule has 0 spiro atoms. The fourth-order valence-electron chi connectivity index (χ4n) is 3.62. The minimum absolute atomic E-state index is 0.139. The summed E-state index contributed by atoms with van der Waals surface area (Å²) in [6, 6.07) is 0.142. The predicted octanol–water partition coefficient (Wildman–Crippen LogP) is 3.53. The van der Waals surface area contributed by atoms with Crippen LogP contribution in [0.15, 0.2) is 0 Å². The third kappa shape index (κ3) is 2.34. The van der Waals surface area contributed by atoms with Crippen molar-refractivity contribution in [1.29, 1.82) is 0 Å². The van der Waals surface area contributed by atoms with Gasteiger partial charge < -0.3 is 10.5 Å². The zero-order valence-electron chi connectivity index (χ0n) is 11.9. The summed E-state index contributed by atoms with van der Waals surface area (Å²) in [6.45, 7) is 2.33. The van der Waals surface area contributed by atoms with Gasteiger partial charge in [-0.1, -0.05) is 13.3 Å². The molecule has 2 aliphatic carbocycles. The maximum absolute atomic E-state index is 6.20. The number of thiazole rings is 1. The van der Waals surface area contributed by atoms with Crippen molar-refractivity contribution in [2.24, 2.45) is 11.7 Å². The molecule has 2 N–H and O–H groups in total. The van der Waals surface area contributed by atoms with Crippen LogP contribution in [0.2, 0.25) is 0 Å². The standard InChI is InChI=1S/C15H24N2OS/c1-10-5-4-8-15(9-10,18-2)14-17-13-11(16)6-3-7-12(13)19-14/h10-11H,3-9,16H2,1-2H3. The Morgan fingerprint density at radius 1 is 1.37 bits per heavy atom. The van der Waals surface area contributed by atoms with E-state index in [1.807, 2.05) is 18.4 Å². The Kier molecular flexibility index (Phi) is 3.67. The van der Waals surface area contributed by atoms with Crippen molar-refractivity contribution in [3.05, 3.63) is 15.6 Å². The highest BCUT2D eigenvalue weighted by molar-refractivity contribution is 7.11. The molecule has 1 fully saturated rings. The van der Waals surface area contributed by atoms with Crippen molar-refractivity contribution < 1.29 is 4.74 Å². The van der Waals surface area contributed by atoms with Crippen LogP contribution < -0.4 is 5.73 Å². The first kappa shape index (κ1) is 13.5. The maximum atomic E-state index is 6.20. The average molecular weight is 280 g/mol. The summed E-state index contributed by atoms with van der Waals surface area (Å²) in [5.41, 5.74) is 7.22. The van der Waals surface area contributed by atoms with E-state index in [1.54, 1.807) is 0 Å². The first-order valence-electron chi connectivity index (χ1n) is 7.45. The Bertz CT molecular complexity index is 459. The number of nitrogens with two attached hydrogens (primary N) is 1. The molecule has 3 atom stereocenters. The molecule has 0 aliphatic heterocycles. The van der Waals surface area contributed by atoms with E-state index in [0.717, 1.165) is 37.3 Å². The van der Waals surface area contributed by atoms with E-state index >= 15 is 0 Å². The van der Waals surface area contributed by atoms with Gasteiger partial charge in [0.15, 0.2) is 0 Å². The van der Waals surface area contributed by atoms with Gasteiger partial charge in [0.25, 0.3) is 0 Å². The summed E-state index contributed by atoms with van der Waals surface area (Å²) in [5.74, 6) is 0.725. The Hall–Kier alpha value is -0.450. The van der Waals surface area contributed by atoms with Gasteiger partial charge in [-0.3, -0.25) is 0 Å². The Morgan fingerprint density at radius 3 is 2.89 bits per heavy atom. The summed E-state index contributed by atoms with van der Waals surface area (Å²) in [6.07, 6.45) is 8.19. The van der Waals surface area contributed by atoms with Gasteiger partial charge in [0.05, 0.1) is 5.69 Å². The molecule has 0 bridgehead atoms. The van der Waals surface area contributed by atoms with Crippen molar-refractivity contribution in [2.45, 2.75) is 63.5 Å². The second kappa shape index (κ2) is 5.15. The molecule has 1 saturated carbocycles. The van der Waals surface area contributed by atoms with E-state index in [0.29, 0.717) is 0 Å². The topological polar surface area (TPSA) is 48.1 Å². The van der Waals surface area contributed by atoms with Gasteiger partial charge in [-0.25, -0.2) is 4.98 Å². The number of hydrogen-bond acceptors (Lipinski definition) is 4. The lowest BCUT2D eigenvalue weighted by molar-refractivity contribution is -0.0581. The summed E-state index contributed by atoms with van der Waals surface area (Å²) in [4.78, 5) is 6.31. The van der Waals surface area contributed by atoms with Crippen molar-refractivity contribution in [3.63, 3.8) is 0 Å². The van der Waals surface area contributed by atoms with Gasteiger partial charge in [-0.05, 0) is 44.4 Å². The number of hydrogen-bond donors (Lipinski definition) is 1. The van der Waals surface area contributed by atoms with Crippen LogP contribution in [0.5, 0.6) is 0 Å². The number of rotatable bonds is 2. The van der Waals surface area contributed by atoms with Crippen LogP contribution in [-0.4, -0.2) is 12.1 Å². The normalized spacial score (nSPS) is 35.1. The largest absolute Gasteiger partial charge is 0.371 e. The SMILES string of the molecule is COC1(c2nc3c(s2)CCCC3N)CCCC(C)C1. The zero-order valence-corrected chi connectivity index (χ0v) is 12.8. The van der Waals surface area contributed by atoms with Crippen molar-refractivity contribution in [1.82, 2.24) is 4.98 Å². The Morgan fingerprint density at radius 2 is 2.21 bits per heavy atom. The van der Waals surface area contributed by atoms with Gasteiger partial charge in [0, 0.05) is 18.0 Å². The second-order valence-corrected chi connectivity index (χ2v) is 7.31. The molecule has 0 aromatic carbocycles. The molecule has 1 aromatic rings. The molecule has 0 amide bonds. The van der Waals surface area contributed by atoms with Gasteiger partial charge in [-0.2, -0.15) is 0 Å². The smallest absolute Gasteiger partial charge is 0.125 e. The lowest BCUT2D eigenvalue weighted by atomic mass is 9.79. The first-order valence-corrected chi connectivity index (χ1v) is 8.27. The lowest BCUT2D eigenvalue weighted by Gasteiger charge is -2.37. The quantitative estimate of drug-likeness (QED) is 0.901. The fourth-order valence-corrected chi connectivity index (χ4v) is 5.00. The van der Waals surface area contributed by atoms with E-state index in [-0.39, 0.29) is 11.6 Å². The predicted molar refractivity (Wildman–Crippen MR) is 78.3 cm³/mol. The summed E-state index contributed by atoms with van der Waals surface area (Å²) < 4.78 is 5.96. The van der Waals surface area contributed by atoms with E-state index in [1.165, 1.54) is 29.1 Å². The number of aromatic nitrogens is 1. The van der Waals surface area contributed by atoms with E-state index in [9.17, 15) is 0 Å². The van der Waals surface area contributed by atoms with Crippen LogP contribution in [0.3, 0.4) is 0 Å². The van der Waals surface area contributed by atoms with Crippen LogP contribution >= 0.6 is 11.3 Å².